The highest BCUT2D eigenvalue weighted by molar-refractivity contribution is 8.01. The van der Waals surface area contributed by atoms with E-state index in [1.807, 2.05) is 54.6 Å². The summed E-state index contributed by atoms with van der Waals surface area (Å²) < 4.78 is 7.63. The van der Waals surface area contributed by atoms with Gasteiger partial charge in [-0.3, -0.25) is 9.59 Å². The van der Waals surface area contributed by atoms with E-state index < -0.39 is 0 Å². The summed E-state index contributed by atoms with van der Waals surface area (Å²) in [6.07, 6.45) is 10.1. The molecule has 1 heterocycles. The number of nitrogens with one attached hydrogen (secondary N) is 2. The number of nitrogens with zero attached hydrogens (tertiary/aromatic N) is 1. The third-order valence-corrected chi connectivity index (χ3v) is 9.36. The van der Waals surface area contributed by atoms with Crippen molar-refractivity contribution < 1.29 is 14.3 Å². The molecule has 4 rings (SSSR count). The Labute approximate surface area is 264 Å². The number of carbonyl (C=O) groups is 2. The molecule has 0 unspecified atom stereocenters. The van der Waals surface area contributed by atoms with E-state index in [0.29, 0.717) is 23.8 Å². The Balaban J connectivity index is 1.20. The number of aromatic nitrogens is 1. The molecule has 2 N–H and O–H groups in total. The number of unbranched alkanes of at least 4 members (excludes halogenated alkanes) is 7. The maximum absolute atomic E-state index is 12.9. The molecule has 6 nitrogen and oxygen atoms in total. The fraction of sp³-hybridized carbons (Fsp3) is 0.400. The lowest BCUT2D eigenvalue weighted by Gasteiger charge is -2.08. The highest BCUT2D eigenvalue weighted by Gasteiger charge is 2.11. The van der Waals surface area contributed by atoms with Gasteiger partial charge in [0.1, 0.15) is 5.75 Å². The van der Waals surface area contributed by atoms with Crippen LogP contribution < -0.4 is 15.4 Å². The zero-order valence-electron chi connectivity index (χ0n) is 25.5. The van der Waals surface area contributed by atoms with E-state index in [9.17, 15) is 9.59 Å². The number of benzene rings is 3. The topological polar surface area (TPSA) is 80.3 Å². The van der Waals surface area contributed by atoms with Crippen molar-refractivity contribution in [3.05, 3.63) is 77.9 Å². The largest absolute Gasteiger partial charge is 0.494 e. The zero-order valence-corrected chi connectivity index (χ0v) is 27.1. The predicted molar refractivity (Wildman–Crippen MR) is 182 cm³/mol. The van der Waals surface area contributed by atoms with Gasteiger partial charge in [0, 0.05) is 16.9 Å². The summed E-state index contributed by atoms with van der Waals surface area (Å²) in [5.74, 6) is 1.27. The van der Waals surface area contributed by atoms with Crippen molar-refractivity contribution >= 4 is 56.5 Å². The van der Waals surface area contributed by atoms with Crippen LogP contribution in [-0.2, 0) is 4.79 Å². The summed E-state index contributed by atoms with van der Waals surface area (Å²) >= 11 is 2.92. The SMILES string of the molecule is CCCCCCCCCCOc1ccc(C(=O)Nc2ccc3nc(SCC(=O)Nc4ccc(C(C)C)cc4)sc3c2)cc1. The van der Waals surface area contributed by atoms with Crippen LogP contribution >= 0.6 is 23.1 Å². The van der Waals surface area contributed by atoms with Crippen molar-refractivity contribution in [2.24, 2.45) is 0 Å². The summed E-state index contributed by atoms with van der Waals surface area (Å²) in [6, 6.07) is 20.9. The number of rotatable bonds is 17. The standard InChI is InChI=1S/C35H43N3O3S2/c1-4-5-6-7-8-9-10-11-22-41-30-19-14-27(15-20-30)34(40)37-29-18-21-31-32(23-29)43-35(38-31)42-24-33(39)36-28-16-12-26(13-17-28)25(2)3/h12-21,23,25H,4-11,22,24H2,1-3H3,(H,36,39)(H,37,40). The van der Waals surface area contributed by atoms with Crippen LogP contribution in [0.25, 0.3) is 10.2 Å². The van der Waals surface area contributed by atoms with Crippen molar-refractivity contribution in [3.8, 4) is 5.75 Å². The maximum atomic E-state index is 12.9. The molecular formula is C35H43N3O3S2. The Kier molecular flexibility index (Phi) is 12.9. The molecule has 0 bridgehead atoms. The van der Waals surface area contributed by atoms with E-state index in [4.69, 9.17) is 4.74 Å². The summed E-state index contributed by atoms with van der Waals surface area (Å²) in [6.45, 7) is 7.24. The molecule has 4 aromatic rings. The van der Waals surface area contributed by atoms with Crippen LogP contribution in [0.5, 0.6) is 5.75 Å². The minimum Gasteiger partial charge on any atom is -0.494 e. The molecule has 8 heteroatoms. The Bertz CT molecular complexity index is 1450. The van der Waals surface area contributed by atoms with E-state index >= 15 is 0 Å². The number of ether oxygens (including phenoxy) is 1. The number of hydrogen-bond donors (Lipinski definition) is 2. The number of carbonyl (C=O) groups excluding carboxylic acids is 2. The highest BCUT2D eigenvalue weighted by atomic mass is 32.2. The summed E-state index contributed by atoms with van der Waals surface area (Å²) in [7, 11) is 0. The van der Waals surface area contributed by atoms with Gasteiger partial charge in [0.2, 0.25) is 5.91 Å². The average Bonchev–Trinajstić information content (AvgIpc) is 3.42. The lowest BCUT2D eigenvalue weighted by atomic mass is 10.0. The second-order valence-corrected chi connectivity index (χ2v) is 13.3. The minimum atomic E-state index is -0.175. The minimum absolute atomic E-state index is 0.0703. The average molecular weight is 618 g/mol. The molecule has 0 saturated carbocycles. The van der Waals surface area contributed by atoms with Gasteiger partial charge in [-0.25, -0.2) is 4.98 Å². The molecule has 3 aromatic carbocycles. The molecule has 43 heavy (non-hydrogen) atoms. The van der Waals surface area contributed by atoms with E-state index in [0.717, 1.165) is 32.4 Å². The van der Waals surface area contributed by atoms with Gasteiger partial charge in [-0.15, -0.1) is 11.3 Å². The number of fused-ring (bicyclic) bond motifs is 1. The number of thiazole rings is 1. The van der Waals surface area contributed by atoms with Gasteiger partial charge in [0.15, 0.2) is 4.34 Å². The molecule has 0 aliphatic rings. The Morgan fingerprint density at radius 1 is 0.837 bits per heavy atom. The van der Waals surface area contributed by atoms with Crippen LogP contribution in [0.4, 0.5) is 11.4 Å². The molecule has 2 amide bonds. The van der Waals surface area contributed by atoms with Crippen LogP contribution in [0.2, 0.25) is 0 Å². The monoisotopic (exact) mass is 617 g/mol. The first-order chi connectivity index (χ1) is 20.9. The zero-order chi connectivity index (χ0) is 30.4. The van der Waals surface area contributed by atoms with Gasteiger partial charge in [-0.05, 0) is 72.5 Å². The van der Waals surface area contributed by atoms with E-state index in [1.165, 1.54) is 73.6 Å². The quantitative estimate of drug-likeness (QED) is 0.0910. The molecule has 0 fully saturated rings. The number of hydrogen-bond acceptors (Lipinski definition) is 6. The molecule has 0 aliphatic heterocycles. The van der Waals surface area contributed by atoms with Crippen molar-refractivity contribution in [2.45, 2.75) is 82.4 Å². The Morgan fingerprint density at radius 3 is 2.21 bits per heavy atom. The van der Waals surface area contributed by atoms with Crippen molar-refractivity contribution in [1.82, 2.24) is 4.98 Å². The number of anilines is 2. The predicted octanol–water partition coefficient (Wildman–Crippen LogP) is 9.92. The lowest BCUT2D eigenvalue weighted by Crippen LogP contribution is -2.13. The number of thioether (sulfide) groups is 1. The second kappa shape index (κ2) is 17.1. The summed E-state index contributed by atoms with van der Waals surface area (Å²) in [4.78, 5) is 30.0. The summed E-state index contributed by atoms with van der Waals surface area (Å²) in [5.41, 5.74) is 4.15. The maximum Gasteiger partial charge on any atom is 0.255 e. The van der Waals surface area contributed by atoms with Gasteiger partial charge in [-0.1, -0.05) is 89.6 Å². The highest BCUT2D eigenvalue weighted by Crippen LogP contribution is 2.31. The second-order valence-electron chi connectivity index (χ2n) is 11.1. The van der Waals surface area contributed by atoms with Crippen molar-refractivity contribution in [1.29, 1.82) is 0 Å². The van der Waals surface area contributed by atoms with Crippen molar-refractivity contribution in [3.63, 3.8) is 0 Å². The van der Waals surface area contributed by atoms with Crippen LogP contribution in [0.1, 0.15) is 94.0 Å². The van der Waals surface area contributed by atoms with Gasteiger partial charge < -0.3 is 15.4 Å². The normalized spacial score (nSPS) is 11.2. The Hall–Kier alpha value is -3.36. The first-order valence-corrected chi connectivity index (χ1v) is 17.2. The Morgan fingerprint density at radius 2 is 1.51 bits per heavy atom. The molecule has 0 saturated heterocycles. The van der Waals surface area contributed by atoms with E-state index in [2.05, 4.69) is 36.4 Å². The molecule has 0 atom stereocenters. The van der Waals surface area contributed by atoms with Gasteiger partial charge in [-0.2, -0.15) is 0 Å². The van der Waals surface area contributed by atoms with Crippen LogP contribution in [0.3, 0.4) is 0 Å². The first kappa shape index (κ1) is 32.6. The molecular weight excluding hydrogens is 575 g/mol. The molecule has 0 radical (unpaired) electrons. The van der Waals surface area contributed by atoms with Crippen LogP contribution in [0.15, 0.2) is 71.1 Å². The van der Waals surface area contributed by atoms with Crippen LogP contribution in [-0.4, -0.2) is 29.2 Å². The van der Waals surface area contributed by atoms with Crippen LogP contribution in [0, 0.1) is 0 Å². The van der Waals surface area contributed by atoms with Gasteiger partial charge >= 0.3 is 0 Å². The van der Waals surface area contributed by atoms with E-state index in [1.54, 1.807) is 12.1 Å². The summed E-state index contributed by atoms with van der Waals surface area (Å²) in [5, 5.41) is 5.93. The smallest absolute Gasteiger partial charge is 0.255 e. The molecule has 228 valence electrons. The molecule has 0 spiro atoms. The third kappa shape index (κ3) is 10.7. The first-order valence-electron chi connectivity index (χ1n) is 15.4. The molecule has 1 aromatic heterocycles. The van der Waals surface area contributed by atoms with Gasteiger partial charge in [0.05, 0.1) is 22.6 Å². The third-order valence-electron chi connectivity index (χ3n) is 7.20. The van der Waals surface area contributed by atoms with Crippen molar-refractivity contribution in [2.75, 3.05) is 23.0 Å². The van der Waals surface area contributed by atoms with Gasteiger partial charge in [0.25, 0.3) is 5.91 Å². The fourth-order valence-corrected chi connectivity index (χ4v) is 6.56. The van der Waals surface area contributed by atoms with E-state index in [-0.39, 0.29) is 17.6 Å². The fourth-order valence-electron chi connectivity index (χ4n) is 4.65. The lowest BCUT2D eigenvalue weighted by molar-refractivity contribution is -0.113. The number of amides is 2. The molecule has 0 aliphatic carbocycles.